The van der Waals surface area contributed by atoms with Gasteiger partial charge in [0.15, 0.2) is 0 Å². The number of hydrogen-bond acceptors (Lipinski definition) is 4. The SMILES string of the molecule is Cc1nn2c(c1[N+](=O)[O-])C(C)OCC2. The molecule has 2 heterocycles. The van der Waals surface area contributed by atoms with E-state index in [4.69, 9.17) is 4.74 Å². The van der Waals surface area contributed by atoms with Gasteiger partial charge >= 0.3 is 5.69 Å². The molecular formula is C8H11N3O3. The molecule has 0 aliphatic carbocycles. The molecule has 1 aromatic heterocycles. The van der Waals surface area contributed by atoms with Crippen molar-refractivity contribution in [1.82, 2.24) is 9.78 Å². The topological polar surface area (TPSA) is 70.2 Å². The van der Waals surface area contributed by atoms with E-state index in [9.17, 15) is 10.1 Å². The standard InChI is InChI=1S/C8H11N3O3/c1-5-7(11(12)13)8-6(2)14-4-3-10(8)9-5/h6H,3-4H2,1-2H3. The Labute approximate surface area is 80.6 Å². The van der Waals surface area contributed by atoms with Crippen LogP contribution in [0.4, 0.5) is 5.69 Å². The lowest BCUT2D eigenvalue weighted by molar-refractivity contribution is -0.387. The van der Waals surface area contributed by atoms with Crippen molar-refractivity contribution in [2.45, 2.75) is 26.5 Å². The van der Waals surface area contributed by atoms with Crippen LogP contribution >= 0.6 is 0 Å². The second kappa shape index (κ2) is 3.06. The highest BCUT2D eigenvalue weighted by Crippen LogP contribution is 2.32. The minimum atomic E-state index is -0.390. The number of nitrogens with zero attached hydrogens (tertiary/aromatic N) is 3. The maximum Gasteiger partial charge on any atom is 0.315 e. The maximum absolute atomic E-state index is 10.8. The second-order valence-electron chi connectivity index (χ2n) is 3.31. The number of ether oxygens (including phenoxy) is 1. The molecule has 14 heavy (non-hydrogen) atoms. The van der Waals surface area contributed by atoms with Crippen LogP contribution in [-0.2, 0) is 11.3 Å². The predicted molar refractivity (Wildman–Crippen MR) is 48.0 cm³/mol. The first-order valence-electron chi connectivity index (χ1n) is 4.44. The highest BCUT2D eigenvalue weighted by molar-refractivity contribution is 5.42. The zero-order chi connectivity index (χ0) is 10.3. The van der Waals surface area contributed by atoms with Crippen LogP contribution in [0.15, 0.2) is 0 Å². The van der Waals surface area contributed by atoms with Gasteiger partial charge in [-0.1, -0.05) is 0 Å². The number of aryl methyl sites for hydroxylation is 1. The fraction of sp³-hybridized carbons (Fsp3) is 0.625. The van der Waals surface area contributed by atoms with E-state index in [1.54, 1.807) is 18.5 Å². The van der Waals surface area contributed by atoms with E-state index < -0.39 is 0 Å². The first kappa shape index (κ1) is 9.14. The summed E-state index contributed by atoms with van der Waals surface area (Å²) >= 11 is 0. The Morgan fingerprint density at radius 1 is 1.71 bits per heavy atom. The lowest BCUT2D eigenvalue weighted by atomic mass is 10.2. The van der Waals surface area contributed by atoms with Crippen molar-refractivity contribution < 1.29 is 9.66 Å². The quantitative estimate of drug-likeness (QED) is 0.500. The van der Waals surface area contributed by atoms with Crippen molar-refractivity contribution >= 4 is 5.69 Å². The third kappa shape index (κ3) is 1.19. The van der Waals surface area contributed by atoms with Crippen molar-refractivity contribution in [1.29, 1.82) is 0 Å². The van der Waals surface area contributed by atoms with Crippen molar-refractivity contribution in [2.24, 2.45) is 0 Å². The van der Waals surface area contributed by atoms with Gasteiger partial charge < -0.3 is 4.74 Å². The van der Waals surface area contributed by atoms with Gasteiger partial charge in [-0.05, 0) is 13.8 Å². The molecule has 0 N–H and O–H groups in total. The largest absolute Gasteiger partial charge is 0.370 e. The van der Waals surface area contributed by atoms with Crippen LogP contribution < -0.4 is 0 Å². The summed E-state index contributed by atoms with van der Waals surface area (Å²) in [5.74, 6) is 0. The molecule has 1 aliphatic heterocycles. The molecular weight excluding hydrogens is 186 g/mol. The molecule has 6 nitrogen and oxygen atoms in total. The smallest absolute Gasteiger partial charge is 0.315 e. The van der Waals surface area contributed by atoms with Crippen LogP contribution in [0.3, 0.4) is 0 Å². The van der Waals surface area contributed by atoms with Gasteiger partial charge in [-0.15, -0.1) is 0 Å². The number of aromatic nitrogens is 2. The van der Waals surface area contributed by atoms with Gasteiger partial charge in [0.25, 0.3) is 0 Å². The molecule has 0 amide bonds. The highest BCUT2D eigenvalue weighted by Gasteiger charge is 2.31. The highest BCUT2D eigenvalue weighted by atomic mass is 16.6. The Morgan fingerprint density at radius 3 is 3.07 bits per heavy atom. The number of rotatable bonds is 1. The van der Waals surface area contributed by atoms with Crippen LogP contribution in [0.1, 0.15) is 24.4 Å². The Bertz CT molecular complexity index is 385. The van der Waals surface area contributed by atoms with Gasteiger partial charge in [0.2, 0.25) is 0 Å². The maximum atomic E-state index is 10.8. The van der Waals surface area contributed by atoms with E-state index in [-0.39, 0.29) is 16.7 Å². The van der Waals surface area contributed by atoms with Gasteiger partial charge in [0.05, 0.1) is 18.1 Å². The molecule has 76 valence electrons. The van der Waals surface area contributed by atoms with E-state index >= 15 is 0 Å². The van der Waals surface area contributed by atoms with E-state index in [1.165, 1.54) is 0 Å². The van der Waals surface area contributed by atoms with Crippen molar-refractivity contribution in [3.05, 3.63) is 21.5 Å². The number of fused-ring (bicyclic) bond motifs is 1. The zero-order valence-electron chi connectivity index (χ0n) is 8.06. The molecule has 1 atom stereocenters. The molecule has 0 fully saturated rings. The third-order valence-corrected chi connectivity index (χ3v) is 2.37. The molecule has 0 bridgehead atoms. The fourth-order valence-electron chi connectivity index (χ4n) is 1.78. The predicted octanol–water partition coefficient (Wildman–Crippen LogP) is 1.19. The Kier molecular flexibility index (Phi) is 1.99. The first-order chi connectivity index (χ1) is 6.61. The summed E-state index contributed by atoms with van der Waals surface area (Å²) in [6.07, 6.45) is -0.245. The second-order valence-corrected chi connectivity index (χ2v) is 3.31. The van der Waals surface area contributed by atoms with Crippen LogP contribution in [0.2, 0.25) is 0 Å². The van der Waals surface area contributed by atoms with Gasteiger partial charge in [0, 0.05) is 0 Å². The van der Waals surface area contributed by atoms with Gasteiger partial charge in [-0.3, -0.25) is 14.8 Å². The van der Waals surface area contributed by atoms with Crippen LogP contribution in [0.5, 0.6) is 0 Å². The number of hydrogen-bond donors (Lipinski definition) is 0. The monoisotopic (exact) mass is 197 g/mol. The van der Waals surface area contributed by atoms with Gasteiger partial charge in [-0.2, -0.15) is 5.10 Å². The number of nitro groups is 1. The molecule has 2 rings (SSSR count). The normalized spacial score (nSPS) is 20.6. The summed E-state index contributed by atoms with van der Waals surface area (Å²) in [7, 11) is 0. The summed E-state index contributed by atoms with van der Waals surface area (Å²) in [6, 6.07) is 0. The Balaban J connectivity index is 2.59. The van der Waals surface area contributed by atoms with Crippen molar-refractivity contribution in [3.63, 3.8) is 0 Å². The Morgan fingerprint density at radius 2 is 2.43 bits per heavy atom. The summed E-state index contributed by atoms with van der Waals surface area (Å²) in [5.41, 5.74) is 1.14. The van der Waals surface area contributed by atoms with Crippen molar-refractivity contribution in [2.75, 3.05) is 6.61 Å². The van der Waals surface area contributed by atoms with Crippen molar-refractivity contribution in [3.8, 4) is 0 Å². The van der Waals surface area contributed by atoms with E-state index in [0.29, 0.717) is 24.5 Å². The lowest BCUT2D eigenvalue weighted by Crippen LogP contribution is -2.21. The minimum absolute atomic E-state index is 0.0946. The molecule has 1 aromatic rings. The summed E-state index contributed by atoms with van der Waals surface area (Å²) < 4.78 is 7.01. The van der Waals surface area contributed by atoms with Gasteiger partial charge in [0.1, 0.15) is 17.5 Å². The molecule has 0 saturated carbocycles. The minimum Gasteiger partial charge on any atom is -0.370 e. The van der Waals surface area contributed by atoms with Gasteiger partial charge in [-0.25, -0.2) is 0 Å². The fourth-order valence-corrected chi connectivity index (χ4v) is 1.78. The average Bonchev–Trinajstić information content (AvgIpc) is 2.42. The van der Waals surface area contributed by atoms with E-state index in [2.05, 4.69) is 5.10 Å². The molecule has 0 spiro atoms. The summed E-state index contributed by atoms with van der Waals surface area (Å²) in [6.45, 7) is 4.61. The molecule has 1 unspecified atom stereocenters. The third-order valence-electron chi connectivity index (χ3n) is 2.37. The summed E-state index contributed by atoms with van der Waals surface area (Å²) in [4.78, 5) is 10.4. The van der Waals surface area contributed by atoms with Crippen LogP contribution in [0.25, 0.3) is 0 Å². The van der Waals surface area contributed by atoms with E-state index in [1.807, 2.05) is 0 Å². The Hall–Kier alpha value is -1.43. The average molecular weight is 197 g/mol. The lowest BCUT2D eigenvalue weighted by Gasteiger charge is -2.19. The van der Waals surface area contributed by atoms with Crippen LogP contribution in [-0.4, -0.2) is 21.3 Å². The molecule has 1 aliphatic rings. The zero-order valence-corrected chi connectivity index (χ0v) is 8.06. The molecule has 0 aromatic carbocycles. The first-order valence-corrected chi connectivity index (χ1v) is 4.44. The van der Waals surface area contributed by atoms with E-state index in [0.717, 1.165) is 0 Å². The summed E-state index contributed by atoms with van der Waals surface area (Å²) in [5, 5.41) is 14.9. The molecule has 6 heteroatoms. The molecule has 0 saturated heterocycles. The van der Waals surface area contributed by atoms with Crippen LogP contribution in [0, 0.1) is 17.0 Å². The molecule has 0 radical (unpaired) electrons.